The molecular weight excluding hydrogens is 470 g/mol. The number of aliphatic hydroxyl groups excluding tert-OH is 1. The van der Waals surface area contributed by atoms with E-state index in [4.69, 9.17) is 4.74 Å². The Balaban J connectivity index is 1.30. The van der Waals surface area contributed by atoms with Crippen LogP contribution in [0.2, 0.25) is 0 Å². The Morgan fingerprint density at radius 3 is 2.05 bits per heavy atom. The first-order chi connectivity index (χ1) is 18.0. The van der Waals surface area contributed by atoms with E-state index in [1.54, 1.807) is 21.9 Å². The van der Waals surface area contributed by atoms with Crippen molar-refractivity contribution in [3.63, 3.8) is 0 Å². The number of carbonyl (C=O) groups is 3. The molecule has 1 aliphatic rings. The summed E-state index contributed by atoms with van der Waals surface area (Å²) in [6, 6.07) is 25.3. The normalized spacial score (nSPS) is 14.4. The monoisotopic (exact) mass is 501 g/mol. The van der Waals surface area contributed by atoms with Crippen LogP contribution in [0.5, 0.6) is 0 Å². The van der Waals surface area contributed by atoms with Crippen LogP contribution in [0, 0.1) is 0 Å². The maximum absolute atomic E-state index is 13.1. The molecule has 1 heterocycles. The summed E-state index contributed by atoms with van der Waals surface area (Å²) in [7, 11) is 0. The Morgan fingerprint density at radius 2 is 1.38 bits per heavy atom. The van der Waals surface area contributed by atoms with Gasteiger partial charge >= 0.3 is 6.09 Å². The minimum Gasteiger partial charge on any atom is -0.445 e. The lowest BCUT2D eigenvalue weighted by atomic mass is 10.0. The standard InChI is InChI=1S/C29H31N3O5/c33-20-26(30-27(34)25-14-12-24(13-15-25)23-10-5-2-6-11-23)28(35)31-16-7-17-32(19-18-31)29(36)37-21-22-8-3-1-4-9-22/h1-6,8-15,26,33H,7,16-21H2,(H,30,34). The fourth-order valence-electron chi connectivity index (χ4n) is 4.22. The highest BCUT2D eigenvalue weighted by Crippen LogP contribution is 2.19. The topological polar surface area (TPSA) is 99.2 Å². The maximum atomic E-state index is 13.1. The van der Waals surface area contributed by atoms with E-state index < -0.39 is 24.6 Å². The molecule has 192 valence electrons. The van der Waals surface area contributed by atoms with Crippen LogP contribution in [-0.2, 0) is 16.1 Å². The van der Waals surface area contributed by atoms with Gasteiger partial charge in [-0.1, -0.05) is 72.8 Å². The summed E-state index contributed by atoms with van der Waals surface area (Å²) in [4.78, 5) is 41.5. The smallest absolute Gasteiger partial charge is 0.410 e. The molecule has 0 bridgehead atoms. The highest BCUT2D eigenvalue weighted by molar-refractivity contribution is 5.98. The molecule has 0 spiro atoms. The van der Waals surface area contributed by atoms with Crippen molar-refractivity contribution in [2.24, 2.45) is 0 Å². The fourth-order valence-corrected chi connectivity index (χ4v) is 4.22. The average Bonchev–Trinajstić information content (AvgIpc) is 3.22. The van der Waals surface area contributed by atoms with Gasteiger partial charge in [-0.3, -0.25) is 9.59 Å². The second kappa shape index (κ2) is 12.7. The van der Waals surface area contributed by atoms with E-state index in [9.17, 15) is 19.5 Å². The molecule has 3 aromatic carbocycles. The van der Waals surface area contributed by atoms with Gasteiger partial charge in [-0.2, -0.15) is 0 Å². The first-order valence-electron chi connectivity index (χ1n) is 12.4. The molecule has 0 aliphatic carbocycles. The molecule has 0 saturated carbocycles. The SMILES string of the molecule is O=C(NC(CO)C(=O)N1CCCN(C(=O)OCc2ccccc2)CC1)c1ccc(-c2ccccc2)cc1. The fraction of sp³-hybridized carbons (Fsp3) is 0.276. The Morgan fingerprint density at radius 1 is 0.784 bits per heavy atom. The summed E-state index contributed by atoms with van der Waals surface area (Å²) in [5.74, 6) is -0.816. The summed E-state index contributed by atoms with van der Waals surface area (Å²) < 4.78 is 5.41. The molecule has 1 unspecified atom stereocenters. The zero-order chi connectivity index (χ0) is 26.0. The van der Waals surface area contributed by atoms with E-state index in [0.29, 0.717) is 31.6 Å². The van der Waals surface area contributed by atoms with Gasteiger partial charge in [0.05, 0.1) is 6.61 Å². The van der Waals surface area contributed by atoms with Gasteiger partial charge in [0, 0.05) is 31.7 Å². The third-order valence-corrected chi connectivity index (χ3v) is 6.31. The first kappa shape index (κ1) is 25.9. The Bertz CT molecular complexity index is 1190. The van der Waals surface area contributed by atoms with Crippen LogP contribution in [0.15, 0.2) is 84.9 Å². The van der Waals surface area contributed by atoms with Crippen LogP contribution < -0.4 is 5.32 Å². The van der Waals surface area contributed by atoms with Gasteiger partial charge in [0.15, 0.2) is 0 Å². The molecule has 2 N–H and O–H groups in total. The van der Waals surface area contributed by atoms with Crippen LogP contribution in [0.1, 0.15) is 22.3 Å². The maximum Gasteiger partial charge on any atom is 0.410 e. The number of nitrogens with zero attached hydrogens (tertiary/aromatic N) is 2. The molecule has 1 saturated heterocycles. The molecule has 3 amide bonds. The van der Waals surface area contributed by atoms with E-state index in [1.807, 2.05) is 72.8 Å². The predicted octanol–water partition coefficient (Wildman–Crippen LogP) is 3.32. The van der Waals surface area contributed by atoms with Gasteiger partial charge < -0.3 is 25.0 Å². The summed E-state index contributed by atoms with van der Waals surface area (Å²) in [5.41, 5.74) is 3.31. The van der Waals surface area contributed by atoms with Crippen LogP contribution in [0.3, 0.4) is 0 Å². The number of ether oxygens (including phenoxy) is 1. The third-order valence-electron chi connectivity index (χ3n) is 6.31. The van der Waals surface area contributed by atoms with Crippen LogP contribution >= 0.6 is 0 Å². The van der Waals surface area contributed by atoms with Crippen molar-refractivity contribution >= 4 is 17.9 Å². The molecule has 8 heteroatoms. The second-order valence-corrected chi connectivity index (χ2v) is 8.86. The summed E-state index contributed by atoms with van der Waals surface area (Å²) in [6.45, 7) is 1.14. The number of aliphatic hydroxyl groups is 1. The number of rotatable bonds is 7. The zero-order valence-corrected chi connectivity index (χ0v) is 20.6. The van der Waals surface area contributed by atoms with Crippen molar-refractivity contribution in [1.29, 1.82) is 0 Å². The lowest BCUT2D eigenvalue weighted by Crippen LogP contribution is -2.51. The second-order valence-electron chi connectivity index (χ2n) is 8.86. The number of nitrogens with one attached hydrogen (secondary N) is 1. The molecule has 1 fully saturated rings. The average molecular weight is 502 g/mol. The minimum absolute atomic E-state index is 0.184. The highest BCUT2D eigenvalue weighted by Gasteiger charge is 2.28. The molecule has 4 rings (SSSR count). The number of carbonyl (C=O) groups excluding carboxylic acids is 3. The molecule has 0 aromatic heterocycles. The van der Waals surface area contributed by atoms with Gasteiger partial charge in [-0.15, -0.1) is 0 Å². The highest BCUT2D eigenvalue weighted by atomic mass is 16.6. The van der Waals surface area contributed by atoms with Gasteiger partial charge in [-0.05, 0) is 35.2 Å². The van der Waals surface area contributed by atoms with Crippen molar-refractivity contribution in [2.75, 3.05) is 32.8 Å². The van der Waals surface area contributed by atoms with Gasteiger partial charge in [0.2, 0.25) is 5.91 Å². The molecule has 37 heavy (non-hydrogen) atoms. The molecule has 3 aromatic rings. The van der Waals surface area contributed by atoms with E-state index >= 15 is 0 Å². The van der Waals surface area contributed by atoms with E-state index in [1.165, 1.54) is 0 Å². The van der Waals surface area contributed by atoms with Crippen LogP contribution in [0.25, 0.3) is 11.1 Å². The molecule has 8 nitrogen and oxygen atoms in total. The van der Waals surface area contributed by atoms with Crippen molar-refractivity contribution in [3.8, 4) is 11.1 Å². The summed E-state index contributed by atoms with van der Waals surface area (Å²) in [5, 5.41) is 12.5. The van der Waals surface area contributed by atoms with Crippen molar-refractivity contribution in [1.82, 2.24) is 15.1 Å². The van der Waals surface area contributed by atoms with Gasteiger partial charge in [-0.25, -0.2) is 4.79 Å². The van der Waals surface area contributed by atoms with E-state index in [0.717, 1.165) is 16.7 Å². The molecular formula is C29H31N3O5. The Labute approximate surface area is 216 Å². The first-order valence-corrected chi connectivity index (χ1v) is 12.4. The summed E-state index contributed by atoms with van der Waals surface area (Å²) >= 11 is 0. The Hall–Kier alpha value is -4.17. The molecule has 1 atom stereocenters. The number of hydrogen-bond donors (Lipinski definition) is 2. The molecule has 0 radical (unpaired) electrons. The van der Waals surface area contributed by atoms with Crippen LogP contribution in [-0.4, -0.2) is 71.6 Å². The van der Waals surface area contributed by atoms with E-state index in [2.05, 4.69) is 5.32 Å². The van der Waals surface area contributed by atoms with Crippen molar-refractivity contribution < 1.29 is 24.2 Å². The van der Waals surface area contributed by atoms with Crippen molar-refractivity contribution in [2.45, 2.75) is 19.1 Å². The largest absolute Gasteiger partial charge is 0.445 e. The summed E-state index contributed by atoms with van der Waals surface area (Å²) in [6.07, 6.45) is 0.142. The van der Waals surface area contributed by atoms with Gasteiger partial charge in [0.1, 0.15) is 12.6 Å². The minimum atomic E-state index is -1.07. The number of benzene rings is 3. The zero-order valence-electron chi connectivity index (χ0n) is 20.6. The number of amides is 3. The van der Waals surface area contributed by atoms with Gasteiger partial charge in [0.25, 0.3) is 5.91 Å². The predicted molar refractivity (Wildman–Crippen MR) is 140 cm³/mol. The molecule has 1 aliphatic heterocycles. The van der Waals surface area contributed by atoms with Crippen molar-refractivity contribution in [3.05, 3.63) is 96.1 Å². The van der Waals surface area contributed by atoms with E-state index in [-0.39, 0.29) is 19.1 Å². The quantitative estimate of drug-likeness (QED) is 0.518. The third kappa shape index (κ3) is 6.95. The van der Waals surface area contributed by atoms with Crippen LogP contribution in [0.4, 0.5) is 4.79 Å². The lowest BCUT2D eigenvalue weighted by Gasteiger charge is -2.26. The Kier molecular flexibility index (Phi) is 8.89. The lowest BCUT2D eigenvalue weighted by molar-refractivity contribution is -0.134. The number of hydrogen-bond acceptors (Lipinski definition) is 5.